The Hall–Kier alpha value is -0.980. The Balaban J connectivity index is 1.62. The van der Waals surface area contributed by atoms with E-state index in [9.17, 15) is 24.9 Å². The molecule has 0 amide bonds. The molecule has 0 radical (unpaired) electrons. The van der Waals surface area contributed by atoms with Crippen molar-refractivity contribution >= 4 is 11.8 Å². The van der Waals surface area contributed by atoms with Crippen molar-refractivity contribution in [1.29, 1.82) is 0 Å². The van der Waals surface area contributed by atoms with Crippen molar-refractivity contribution in [3.63, 3.8) is 0 Å². The second-order valence-corrected chi connectivity index (χ2v) is 14.1. The summed E-state index contributed by atoms with van der Waals surface area (Å²) in [7, 11) is 0. The van der Waals surface area contributed by atoms with Crippen LogP contribution in [0.1, 0.15) is 106 Å². The Labute approximate surface area is 217 Å². The summed E-state index contributed by atoms with van der Waals surface area (Å²) < 4.78 is 5.41. The molecule has 0 spiro atoms. The molecule has 0 saturated heterocycles. The highest BCUT2D eigenvalue weighted by Gasteiger charge is 2.76. The Morgan fingerprint density at radius 1 is 1.06 bits per heavy atom. The zero-order valence-corrected chi connectivity index (χ0v) is 23.5. The van der Waals surface area contributed by atoms with Crippen molar-refractivity contribution in [3.05, 3.63) is 0 Å². The van der Waals surface area contributed by atoms with Crippen LogP contribution in [0.5, 0.6) is 0 Å². The number of rotatable bonds is 6. The lowest BCUT2D eigenvalue weighted by atomic mass is 9.39. The number of aliphatic hydroxyl groups excluding tert-OH is 1. The van der Waals surface area contributed by atoms with Gasteiger partial charge >= 0.3 is 5.97 Å². The molecule has 6 nitrogen and oxygen atoms in total. The predicted octanol–water partition coefficient (Wildman–Crippen LogP) is 4.67. The van der Waals surface area contributed by atoms with Crippen LogP contribution in [0.2, 0.25) is 0 Å². The van der Waals surface area contributed by atoms with E-state index in [4.69, 9.17) is 4.74 Å². The van der Waals surface area contributed by atoms with Gasteiger partial charge in [0.25, 0.3) is 0 Å². The van der Waals surface area contributed by atoms with Crippen LogP contribution in [0.4, 0.5) is 0 Å². The van der Waals surface area contributed by atoms with Crippen molar-refractivity contribution < 1.29 is 29.6 Å². The number of carbonyl (C=O) groups excluding carboxylic acids is 2. The molecule has 206 valence electrons. The van der Waals surface area contributed by atoms with Gasteiger partial charge in [0.2, 0.25) is 0 Å². The molecular weight excluding hydrogens is 456 g/mol. The lowest BCUT2D eigenvalue weighted by Crippen LogP contribution is -2.78. The number of Topliss-reactive ketones (excluding diaryl/α,β-unsaturated/α-hetero) is 1. The fraction of sp³-hybridized carbons (Fsp3) is 0.933. The first kappa shape index (κ1) is 28.0. The predicted molar refractivity (Wildman–Crippen MR) is 138 cm³/mol. The topological polar surface area (TPSA) is 104 Å². The maximum absolute atomic E-state index is 13.8. The molecule has 6 heteroatoms. The summed E-state index contributed by atoms with van der Waals surface area (Å²) in [5, 5.41) is 36.0. The molecule has 0 aromatic heterocycles. The first-order valence-electron chi connectivity index (χ1n) is 14.4. The first-order valence-corrected chi connectivity index (χ1v) is 14.4. The highest BCUT2D eigenvalue weighted by Crippen LogP contribution is 2.70. The minimum absolute atomic E-state index is 0.000871. The highest BCUT2D eigenvalue weighted by molar-refractivity contribution is 5.86. The summed E-state index contributed by atoms with van der Waals surface area (Å²) in [6.45, 7) is 14.6. The van der Waals surface area contributed by atoms with E-state index in [-0.39, 0.29) is 30.0 Å². The van der Waals surface area contributed by atoms with Crippen LogP contribution in [0.15, 0.2) is 0 Å². The van der Waals surface area contributed by atoms with E-state index in [0.29, 0.717) is 42.9 Å². The maximum Gasteiger partial charge on any atom is 0.302 e. The zero-order valence-electron chi connectivity index (χ0n) is 23.5. The van der Waals surface area contributed by atoms with Gasteiger partial charge in [-0.2, -0.15) is 0 Å². The molecule has 4 rings (SSSR count). The summed E-state index contributed by atoms with van der Waals surface area (Å²) in [4.78, 5) is 25.4. The van der Waals surface area contributed by atoms with Gasteiger partial charge in [0.05, 0.1) is 17.6 Å². The van der Waals surface area contributed by atoms with E-state index in [1.807, 2.05) is 6.92 Å². The van der Waals surface area contributed by atoms with Gasteiger partial charge in [0.15, 0.2) is 0 Å². The molecule has 3 N–H and O–H groups in total. The normalized spacial score (nSPS) is 48.1. The van der Waals surface area contributed by atoms with E-state index in [1.54, 1.807) is 0 Å². The lowest BCUT2D eigenvalue weighted by Gasteiger charge is -2.68. The van der Waals surface area contributed by atoms with Crippen molar-refractivity contribution in [2.24, 2.45) is 46.3 Å². The molecule has 36 heavy (non-hydrogen) atoms. The molecule has 0 unspecified atom stereocenters. The SMILES string of the molecule is CC(=O)O[C@@H]1CC[C@]2(C)[C@@](O)(CC(=O)[C@@H]3[C@@H]4CC[C@H]([C@H](C)CC[C@H](C)C(C)C)[C@]4(C)C[C@H](O)[C@@]32O)C1. The average molecular weight is 507 g/mol. The third kappa shape index (κ3) is 4.00. The number of fused-ring (bicyclic) bond motifs is 5. The summed E-state index contributed by atoms with van der Waals surface area (Å²) in [5.41, 5.74) is -4.47. The molecule has 4 saturated carbocycles. The fourth-order valence-corrected chi connectivity index (χ4v) is 9.37. The summed E-state index contributed by atoms with van der Waals surface area (Å²) >= 11 is 0. The van der Waals surface area contributed by atoms with Crippen LogP contribution in [-0.4, -0.2) is 50.5 Å². The van der Waals surface area contributed by atoms with Crippen LogP contribution >= 0.6 is 0 Å². The number of aliphatic hydroxyl groups is 3. The number of esters is 1. The van der Waals surface area contributed by atoms with E-state index in [2.05, 4.69) is 34.6 Å². The molecule has 4 fully saturated rings. The lowest BCUT2D eigenvalue weighted by molar-refractivity contribution is -0.310. The van der Waals surface area contributed by atoms with Crippen molar-refractivity contribution in [3.8, 4) is 0 Å². The molecular formula is C30H50O6. The smallest absolute Gasteiger partial charge is 0.302 e. The Bertz CT molecular complexity index is 872. The molecule has 0 heterocycles. The van der Waals surface area contributed by atoms with Gasteiger partial charge in [-0.1, -0.05) is 54.4 Å². The van der Waals surface area contributed by atoms with Crippen LogP contribution in [0.3, 0.4) is 0 Å². The van der Waals surface area contributed by atoms with Gasteiger partial charge in [-0.15, -0.1) is 0 Å². The van der Waals surface area contributed by atoms with Crippen LogP contribution in [-0.2, 0) is 14.3 Å². The van der Waals surface area contributed by atoms with Gasteiger partial charge in [0.1, 0.15) is 17.5 Å². The van der Waals surface area contributed by atoms with Crippen molar-refractivity contribution in [2.45, 2.75) is 130 Å². The van der Waals surface area contributed by atoms with Crippen molar-refractivity contribution in [2.75, 3.05) is 0 Å². The number of hydrogen-bond donors (Lipinski definition) is 3. The van der Waals surface area contributed by atoms with Gasteiger partial charge in [0, 0.05) is 25.2 Å². The largest absolute Gasteiger partial charge is 0.462 e. The third-order valence-electron chi connectivity index (χ3n) is 12.0. The van der Waals surface area contributed by atoms with Gasteiger partial charge in [-0.25, -0.2) is 0 Å². The zero-order chi connectivity index (χ0) is 26.8. The molecule has 4 aliphatic carbocycles. The Kier molecular flexibility index (Phi) is 7.27. The number of carbonyl (C=O) groups is 2. The Morgan fingerprint density at radius 2 is 1.72 bits per heavy atom. The summed E-state index contributed by atoms with van der Waals surface area (Å²) in [6, 6.07) is 0. The van der Waals surface area contributed by atoms with Gasteiger partial charge in [-0.05, 0) is 67.1 Å². The van der Waals surface area contributed by atoms with Crippen LogP contribution in [0.25, 0.3) is 0 Å². The average Bonchev–Trinajstić information content (AvgIpc) is 3.09. The summed E-state index contributed by atoms with van der Waals surface area (Å²) in [6.07, 6.45) is 4.06. The highest BCUT2D eigenvalue weighted by atomic mass is 16.5. The maximum atomic E-state index is 13.8. The number of hydrogen-bond acceptors (Lipinski definition) is 6. The van der Waals surface area contributed by atoms with E-state index < -0.39 is 40.7 Å². The third-order valence-corrected chi connectivity index (χ3v) is 12.0. The van der Waals surface area contributed by atoms with Gasteiger partial charge < -0.3 is 20.1 Å². The minimum atomic E-state index is -1.69. The molecule has 0 bridgehead atoms. The molecule has 0 aromatic rings. The van der Waals surface area contributed by atoms with E-state index in [1.165, 1.54) is 13.3 Å². The Morgan fingerprint density at radius 3 is 2.33 bits per heavy atom. The molecule has 11 atom stereocenters. The molecule has 0 aromatic carbocycles. The minimum Gasteiger partial charge on any atom is -0.462 e. The molecule has 0 aliphatic heterocycles. The second kappa shape index (κ2) is 9.34. The standard InChI is InChI=1S/C30H50O6/c1-17(2)18(3)8-9-19(4)22-10-11-23-26-24(32)15-29(34)14-21(36-20(5)31)12-13-28(29,7)30(26,35)25(33)16-27(22,23)6/h17-19,21-23,25-26,33-35H,8-16H2,1-7H3/t18-,19+,21+,22+,23-,25-,26-,27-,28+,29-,30+/m0/s1. The van der Waals surface area contributed by atoms with E-state index >= 15 is 0 Å². The van der Waals surface area contributed by atoms with E-state index in [0.717, 1.165) is 19.3 Å². The fourth-order valence-electron chi connectivity index (χ4n) is 9.37. The molecule has 4 aliphatic rings. The first-order chi connectivity index (χ1) is 16.6. The quantitative estimate of drug-likeness (QED) is 0.453. The number of ketones is 1. The second-order valence-electron chi connectivity index (χ2n) is 14.1. The van der Waals surface area contributed by atoms with Gasteiger partial charge in [-0.3, -0.25) is 9.59 Å². The number of ether oxygens (including phenoxy) is 1. The summed E-state index contributed by atoms with van der Waals surface area (Å²) in [5.74, 6) is 0.998. The monoisotopic (exact) mass is 506 g/mol. The van der Waals surface area contributed by atoms with Crippen LogP contribution < -0.4 is 0 Å². The van der Waals surface area contributed by atoms with Crippen molar-refractivity contribution in [1.82, 2.24) is 0 Å². The van der Waals surface area contributed by atoms with Crippen LogP contribution in [0, 0.1) is 46.3 Å².